The van der Waals surface area contributed by atoms with Crippen molar-refractivity contribution in [3.8, 4) is 0 Å². The van der Waals surface area contributed by atoms with E-state index in [1.807, 2.05) is 36.5 Å². The molecule has 0 unspecified atom stereocenters. The fourth-order valence-corrected chi connectivity index (χ4v) is 3.57. The molecule has 0 bridgehead atoms. The summed E-state index contributed by atoms with van der Waals surface area (Å²) in [5, 5.41) is 0. The zero-order valence-corrected chi connectivity index (χ0v) is 11.9. The summed E-state index contributed by atoms with van der Waals surface area (Å²) in [6.45, 7) is 2.15. The van der Waals surface area contributed by atoms with Gasteiger partial charge in [-0.25, -0.2) is 0 Å². The SMILES string of the molecule is NC=C(C=Nc1ccccc1)CN1CC[C@H]2CCC[C@H]21. The second-order valence-electron chi connectivity index (χ2n) is 5.85. The highest BCUT2D eigenvalue weighted by molar-refractivity contribution is 5.81. The molecule has 0 spiro atoms. The lowest BCUT2D eigenvalue weighted by atomic mass is 10.0. The number of nitrogens with two attached hydrogens (primary N) is 1. The van der Waals surface area contributed by atoms with Gasteiger partial charge in [0.25, 0.3) is 0 Å². The van der Waals surface area contributed by atoms with Gasteiger partial charge >= 0.3 is 0 Å². The van der Waals surface area contributed by atoms with Gasteiger partial charge in [0, 0.05) is 18.8 Å². The van der Waals surface area contributed by atoms with E-state index < -0.39 is 0 Å². The molecule has 1 aliphatic carbocycles. The number of aliphatic imine (C=N–C) groups is 1. The van der Waals surface area contributed by atoms with Gasteiger partial charge in [-0.3, -0.25) is 9.89 Å². The Morgan fingerprint density at radius 1 is 1.25 bits per heavy atom. The largest absolute Gasteiger partial charge is 0.404 e. The van der Waals surface area contributed by atoms with Crippen LogP contribution in [0.3, 0.4) is 0 Å². The highest BCUT2D eigenvalue weighted by atomic mass is 15.2. The summed E-state index contributed by atoms with van der Waals surface area (Å²) in [6, 6.07) is 10.8. The van der Waals surface area contributed by atoms with Crippen LogP contribution in [0.15, 0.2) is 47.1 Å². The third kappa shape index (κ3) is 2.93. The van der Waals surface area contributed by atoms with Crippen molar-refractivity contribution in [3.63, 3.8) is 0 Å². The van der Waals surface area contributed by atoms with E-state index in [2.05, 4.69) is 9.89 Å². The Labute approximate surface area is 121 Å². The molecule has 2 atom stereocenters. The number of benzene rings is 1. The van der Waals surface area contributed by atoms with E-state index in [0.29, 0.717) is 0 Å². The van der Waals surface area contributed by atoms with Crippen LogP contribution in [0.5, 0.6) is 0 Å². The van der Waals surface area contributed by atoms with E-state index in [1.54, 1.807) is 6.20 Å². The van der Waals surface area contributed by atoms with Crippen molar-refractivity contribution in [2.75, 3.05) is 13.1 Å². The quantitative estimate of drug-likeness (QED) is 0.853. The molecule has 1 aromatic rings. The number of nitrogens with zero attached hydrogens (tertiary/aromatic N) is 2. The summed E-state index contributed by atoms with van der Waals surface area (Å²) in [4.78, 5) is 7.10. The van der Waals surface area contributed by atoms with Crippen LogP contribution in [0.4, 0.5) is 5.69 Å². The van der Waals surface area contributed by atoms with Crippen LogP contribution in [-0.4, -0.2) is 30.2 Å². The monoisotopic (exact) mass is 269 g/mol. The van der Waals surface area contributed by atoms with Crippen molar-refractivity contribution in [2.45, 2.75) is 31.7 Å². The Balaban J connectivity index is 1.62. The first-order valence-corrected chi connectivity index (χ1v) is 7.61. The second-order valence-corrected chi connectivity index (χ2v) is 5.85. The van der Waals surface area contributed by atoms with Gasteiger partial charge in [-0.2, -0.15) is 0 Å². The Hall–Kier alpha value is -1.61. The van der Waals surface area contributed by atoms with Gasteiger partial charge in [0.2, 0.25) is 0 Å². The second kappa shape index (κ2) is 6.23. The summed E-state index contributed by atoms with van der Waals surface area (Å²) in [6.07, 6.45) is 9.15. The lowest BCUT2D eigenvalue weighted by Crippen LogP contribution is -2.32. The molecule has 0 aromatic heterocycles. The number of fused-ring (bicyclic) bond motifs is 1. The molecule has 3 rings (SSSR count). The van der Waals surface area contributed by atoms with Crippen LogP contribution >= 0.6 is 0 Å². The summed E-state index contributed by atoms with van der Waals surface area (Å²) < 4.78 is 0. The van der Waals surface area contributed by atoms with Gasteiger partial charge in [0.1, 0.15) is 0 Å². The lowest BCUT2D eigenvalue weighted by molar-refractivity contribution is 0.263. The number of hydrogen-bond donors (Lipinski definition) is 1. The standard InChI is InChI=1S/C17H23N3/c18-11-14(12-19-16-6-2-1-3-7-16)13-20-10-9-15-5-4-8-17(15)20/h1-3,6-7,11-12,15,17H,4-5,8-10,13,18H2/t15-,17-/m1/s1. The average molecular weight is 269 g/mol. The molecule has 1 aromatic carbocycles. The third-order valence-corrected chi connectivity index (χ3v) is 4.61. The number of para-hydroxylation sites is 1. The molecule has 0 amide bonds. The minimum Gasteiger partial charge on any atom is -0.404 e. The molecule has 0 radical (unpaired) electrons. The Bertz CT molecular complexity index is 492. The van der Waals surface area contributed by atoms with Gasteiger partial charge in [0.15, 0.2) is 0 Å². The highest BCUT2D eigenvalue weighted by Gasteiger charge is 2.37. The smallest absolute Gasteiger partial charge is 0.0629 e. The molecule has 1 heterocycles. The lowest BCUT2D eigenvalue weighted by Gasteiger charge is -2.23. The van der Waals surface area contributed by atoms with Gasteiger partial charge in [-0.1, -0.05) is 24.6 Å². The molecule has 2 fully saturated rings. The van der Waals surface area contributed by atoms with E-state index in [0.717, 1.165) is 29.8 Å². The van der Waals surface area contributed by atoms with Crippen molar-refractivity contribution in [2.24, 2.45) is 16.6 Å². The topological polar surface area (TPSA) is 41.6 Å². The van der Waals surface area contributed by atoms with E-state index in [-0.39, 0.29) is 0 Å². The van der Waals surface area contributed by atoms with Crippen molar-refractivity contribution in [3.05, 3.63) is 42.1 Å². The third-order valence-electron chi connectivity index (χ3n) is 4.61. The molecule has 1 saturated heterocycles. The van der Waals surface area contributed by atoms with E-state index >= 15 is 0 Å². The number of rotatable bonds is 4. The molecule has 106 valence electrons. The molecule has 2 N–H and O–H groups in total. The van der Waals surface area contributed by atoms with Crippen LogP contribution in [0, 0.1) is 5.92 Å². The zero-order chi connectivity index (χ0) is 13.8. The van der Waals surface area contributed by atoms with Gasteiger partial charge in [0.05, 0.1) is 5.69 Å². The summed E-state index contributed by atoms with van der Waals surface area (Å²) in [5.74, 6) is 0.931. The van der Waals surface area contributed by atoms with Crippen LogP contribution < -0.4 is 5.73 Å². The first kappa shape index (κ1) is 13.4. The van der Waals surface area contributed by atoms with Gasteiger partial charge in [-0.15, -0.1) is 0 Å². The average Bonchev–Trinajstić information content (AvgIpc) is 3.09. The fraction of sp³-hybridized carbons (Fsp3) is 0.471. The van der Waals surface area contributed by atoms with E-state index in [4.69, 9.17) is 5.73 Å². The molecule has 3 heteroatoms. The predicted molar refractivity (Wildman–Crippen MR) is 84.2 cm³/mol. The number of hydrogen-bond acceptors (Lipinski definition) is 3. The maximum Gasteiger partial charge on any atom is 0.0629 e. The predicted octanol–water partition coefficient (Wildman–Crippen LogP) is 3.11. The Morgan fingerprint density at radius 2 is 2.10 bits per heavy atom. The first-order valence-electron chi connectivity index (χ1n) is 7.61. The molecule has 20 heavy (non-hydrogen) atoms. The van der Waals surface area contributed by atoms with Crippen LogP contribution in [0.25, 0.3) is 0 Å². The maximum absolute atomic E-state index is 5.77. The van der Waals surface area contributed by atoms with Crippen LogP contribution in [0.1, 0.15) is 25.7 Å². The Kier molecular flexibility index (Phi) is 4.16. The molecule has 1 aliphatic heterocycles. The molecule has 1 saturated carbocycles. The normalized spacial score (nSPS) is 27.3. The maximum atomic E-state index is 5.77. The summed E-state index contributed by atoms with van der Waals surface area (Å²) in [7, 11) is 0. The van der Waals surface area contributed by atoms with Gasteiger partial charge < -0.3 is 5.73 Å². The first-order chi connectivity index (χ1) is 9.86. The van der Waals surface area contributed by atoms with E-state index in [1.165, 1.54) is 32.2 Å². The summed E-state index contributed by atoms with van der Waals surface area (Å²) in [5.41, 5.74) is 7.86. The molecular weight excluding hydrogens is 246 g/mol. The van der Waals surface area contributed by atoms with Crippen LogP contribution in [-0.2, 0) is 0 Å². The number of likely N-dealkylation sites (tertiary alicyclic amines) is 1. The van der Waals surface area contributed by atoms with Crippen molar-refractivity contribution in [1.29, 1.82) is 0 Å². The zero-order valence-electron chi connectivity index (χ0n) is 11.9. The highest BCUT2D eigenvalue weighted by Crippen LogP contribution is 2.37. The van der Waals surface area contributed by atoms with Crippen molar-refractivity contribution in [1.82, 2.24) is 4.90 Å². The minimum atomic E-state index is 0.787. The minimum absolute atomic E-state index is 0.787. The van der Waals surface area contributed by atoms with Crippen molar-refractivity contribution >= 4 is 11.9 Å². The molecule has 2 aliphatic rings. The molecule has 3 nitrogen and oxygen atoms in total. The molecular formula is C17H23N3. The fourth-order valence-electron chi connectivity index (χ4n) is 3.57. The van der Waals surface area contributed by atoms with Crippen LogP contribution in [0.2, 0.25) is 0 Å². The Morgan fingerprint density at radius 3 is 2.90 bits per heavy atom. The van der Waals surface area contributed by atoms with Crippen molar-refractivity contribution < 1.29 is 0 Å². The van der Waals surface area contributed by atoms with Gasteiger partial charge in [-0.05, 0) is 55.6 Å². The summed E-state index contributed by atoms with van der Waals surface area (Å²) >= 11 is 0. The van der Waals surface area contributed by atoms with E-state index in [9.17, 15) is 0 Å².